The average Bonchev–Trinajstić information content (AvgIpc) is 2.79. The van der Waals surface area contributed by atoms with Crippen LogP contribution in [0.3, 0.4) is 0 Å². The van der Waals surface area contributed by atoms with Crippen LogP contribution in [0.15, 0.2) is 76.7 Å². The number of hydrogen-bond donors (Lipinski definition) is 1. The Kier molecular flexibility index (Phi) is 7.06. The molecule has 0 saturated carbocycles. The summed E-state index contributed by atoms with van der Waals surface area (Å²) in [7, 11) is -2.50. The van der Waals surface area contributed by atoms with Crippen molar-refractivity contribution in [2.24, 2.45) is 5.10 Å². The van der Waals surface area contributed by atoms with Crippen molar-refractivity contribution in [3.8, 4) is 11.5 Å². The van der Waals surface area contributed by atoms with Crippen molar-refractivity contribution < 1.29 is 22.8 Å². The number of methoxy groups -OCH3 is 1. The second-order valence-corrected chi connectivity index (χ2v) is 8.43. The quantitative estimate of drug-likeness (QED) is 0.298. The maximum atomic E-state index is 12.2. The van der Waals surface area contributed by atoms with E-state index in [-0.39, 0.29) is 34.3 Å². The summed E-state index contributed by atoms with van der Waals surface area (Å²) in [6, 6.07) is 18.0. The topological polar surface area (TPSA) is 120 Å². The van der Waals surface area contributed by atoms with Crippen LogP contribution in [0.2, 0.25) is 0 Å². The van der Waals surface area contributed by atoms with Gasteiger partial charge in [0.05, 0.1) is 23.1 Å². The number of ether oxygens (including phenoxy) is 2. The Morgan fingerprint density at radius 3 is 2.41 bits per heavy atom. The summed E-state index contributed by atoms with van der Waals surface area (Å²) >= 11 is 0. The number of nitro benzene ring substituents is 1. The van der Waals surface area contributed by atoms with Gasteiger partial charge in [-0.1, -0.05) is 48.0 Å². The van der Waals surface area contributed by atoms with Gasteiger partial charge in [-0.05, 0) is 30.7 Å². The van der Waals surface area contributed by atoms with Gasteiger partial charge in [0.15, 0.2) is 5.75 Å². The van der Waals surface area contributed by atoms with Gasteiger partial charge in [0.1, 0.15) is 6.61 Å². The first-order chi connectivity index (χ1) is 15.3. The number of rotatable bonds is 9. The molecule has 0 unspecified atom stereocenters. The molecule has 3 rings (SSSR count). The molecule has 0 fully saturated rings. The van der Waals surface area contributed by atoms with Gasteiger partial charge in [0.2, 0.25) is 5.75 Å². The molecule has 0 aliphatic carbocycles. The van der Waals surface area contributed by atoms with Crippen molar-refractivity contribution in [1.82, 2.24) is 4.83 Å². The number of benzene rings is 3. The molecule has 0 aliphatic heterocycles. The van der Waals surface area contributed by atoms with Crippen molar-refractivity contribution in [3.63, 3.8) is 0 Å². The van der Waals surface area contributed by atoms with Crippen LogP contribution in [0, 0.1) is 17.0 Å². The Labute approximate surface area is 185 Å². The zero-order valence-corrected chi connectivity index (χ0v) is 18.2. The van der Waals surface area contributed by atoms with Gasteiger partial charge in [-0.2, -0.15) is 13.5 Å². The van der Waals surface area contributed by atoms with Crippen molar-refractivity contribution in [3.05, 3.63) is 93.5 Å². The predicted molar refractivity (Wildman–Crippen MR) is 120 cm³/mol. The fourth-order valence-electron chi connectivity index (χ4n) is 2.78. The lowest BCUT2D eigenvalue weighted by Gasteiger charge is -2.12. The minimum absolute atomic E-state index is 0.0277. The largest absolute Gasteiger partial charge is 0.493 e. The number of nitrogens with zero attached hydrogens (tertiary/aromatic N) is 2. The summed E-state index contributed by atoms with van der Waals surface area (Å²) in [4.78, 5) is 13.1. The molecule has 0 radical (unpaired) electrons. The molecule has 0 spiro atoms. The molecule has 0 aliphatic rings. The summed E-state index contributed by atoms with van der Waals surface area (Å²) < 4.78 is 35.4. The molecule has 0 atom stereocenters. The van der Waals surface area contributed by atoms with Gasteiger partial charge < -0.3 is 9.47 Å². The molecule has 1 N–H and O–H groups in total. The van der Waals surface area contributed by atoms with Gasteiger partial charge in [0, 0.05) is 11.6 Å². The number of nitro groups is 1. The minimum Gasteiger partial charge on any atom is -0.493 e. The Bertz CT molecular complexity index is 1230. The third-order valence-electron chi connectivity index (χ3n) is 4.42. The second-order valence-electron chi connectivity index (χ2n) is 6.77. The first-order valence-corrected chi connectivity index (χ1v) is 10.9. The first kappa shape index (κ1) is 22.8. The number of aryl methyl sites for hydroxylation is 1. The third kappa shape index (κ3) is 5.61. The molecule has 0 heterocycles. The molecule has 32 heavy (non-hydrogen) atoms. The molecule has 9 nitrogen and oxygen atoms in total. The minimum atomic E-state index is -3.86. The van der Waals surface area contributed by atoms with E-state index in [0.29, 0.717) is 0 Å². The van der Waals surface area contributed by atoms with E-state index in [0.717, 1.165) is 17.3 Å². The number of nitrogens with one attached hydrogen (secondary N) is 1. The fourth-order valence-corrected chi connectivity index (χ4v) is 3.59. The lowest BCUT2D eigenvalue weighted by Crippen LogP contribution is -2.18. The molecule has 0 aromatic heterocycles. The van der Waals surface area contributed by atoms with E-state index in [4.69, 9.17) is 9.47 Å². The van der Waals surface area contributed by atoms with Gasteiger partial charge >= 0.3 is 5.69 Å². The molecular formula is C22H21N3O6S. The Hall–Kier alpha value is -3.92. The number of sulfonamides is 1. The molecular weight excluding hydrogens is 434 g/mol. The van der Waals surface area contributed by atoms with Gasteiger partial charge in [-0.15, -0.1) is 0 Å². The monoisotopic (exact) mass is 455 g/mol. The zero-order valence-electron chi connectivity index (χ0n) is 17.4. The highest BCUT2D eigenvalue weighted by Crippen LogP contribution is 2.38. The normalized spacial score (nSPS) is 11.3. The van der Waals surface area contributed by atoms with E-state index in [9.17, 15) is 18.5 Å². The molecule has 166 valence electrons. The van der Waals surface area contributed by atoms with Crippen molar-refractivity contribution in [1.29, 1.82) is 0 Å². The molecule has 3 aromatic carbocycles. The van der Waals surface area contributed by atoms with Crippen LogP contribution in [-0.4, -0.2) is 26.7 Å². The van der Waals surface area contributed by atoms with E-state index < -0.39 is 14.9 Å². The van der Waals surface area contributed by atoms with Crippen LogP contribution in [0.25, 0.3) is 0 Å². The SMILES string of the molecule is COc1cc(/C=N/NS(=O)(=O)c2ccccc2)cc([N+](=O)[O-])c1OCc1ccc(C)cc1. The van der Waals surface area contributed by atoms with Crippen LogP contribution in [-0.2, 0) is 16.6 Å². The van der Waals surface area contributed by atoms with E-state index in [1.54, 1.807) is 18.2 Å². The molecule has 0 bridgehead atoms. The van der Waals surface area contributed by atoms with Crippen LogP contribution < -0.4 is 14.3 Å². The number of hydrogen-bond acceptors (Lipinski definition) is 7. The van der Waals surface area contributed by atoms with Crippen LogP contribution >= 0.6 is 0 Å². The molecule has 3 aromatic rings. The van der Waals surface area contributed by atoms with Crippen LogP contribution in [0.1, 0.15) is 16.7 Å². The third-order valence-corrected chi connectivity index (χ3v) is 5.66. The maximum Gasteiger partial charge on any atom is 0.315 e. The molecule has 10 heteroatoms. The smallest absolute Gasteiger partial charge is 0.315 e. The highest BCUT2D eigenvalue weighted by atomic mass is 32.2. The lowest BCUT2D eigenvalue weighted by atomic mass is 10.1. The van der Waals surface area contributed by atoms with Crippen molar-refractivity contribution in [2.75, 3.05) is 7.11 Å². The summed E-state index contributed by atoms with van der Waals surface area (Å²) in [6.07, 6.45) is 1.15. The lowest BCUT2D eigenvalue weighted by molar-refractivity contribution is -0.386. The second kappa shape index (κ2) is 9.92. The van der Waals surface area contributed by atoms with Gasteiger partial charge in [-0.25, -0.2) is 4.83 Å². The van der Waals surface area contributed by atoms with Crippen LogP contribution in [0.4, 0.5) is 5.69 Å². The zero-order chi connectivity index (χ0) is 23.1. The Balaban J connectivity index is 1.83. The predicted octanol–water partition coefficient (Wildman–Crippen LogP) is 3.80. The van der Waals surface area contributed by atoms with Crippen LogP contribution in [0.5, 0.6) is 11.5 Å². The Morgan fingerprint density at radius 2 is 1.78 bits per heavy atom. The van der Waals surface area contributed by atoms with E-state index in [2.05, 4.69) is 9.93 Å². The van der Waals surface area contributed by atoms with Gasteiger partial charge in [0.25, 0.3) is 10.0 Å². The fraction of sp³-hybridized carbons (Fsp3) is 0.136. The van der Waals surface area contributed by atoms with Crippen molar-refractivity contribution in [2.45, 2.75) is 18.4 Å². The van der Waals surface area contributed by atoms with Crippen molar-refractivity contribution >= 4 is 21.9 Å². The molecule has 0 amide bonds. The Morgan fingerprint density at radius 1 is 1.09 bits per heavy atom. The van der Waals surface area contributed by atoms with E-state index in [1.807, 2.05) is 31.2 Å². The number of hydrazone groups is 1. The summed E-state index contributed by atoms with van der Waals surface area (Å²) in [5.41, 5.74) is 1.85. The summed E-state index contributed by atoms with van der Waals surface area (Å²) in [6.45, 7) is 2.07. The van der Waals surface area contributed by atoms with E-state index >= 15 is 0 Å². The first-order valence-electron chi connectivity index (χ1n) is 9.45. The standard InChI is InChI=1S/C22H21N3O6S/c1-16-8-10-17(11-9-16)15-31-22-20(25(26)27)12-18(13-21(22)30-2)14-23-24-32(28,29)19-6-4-3-5-7-19/h3-14,24H,15H2,1-2H3/b23-14+. The summed E-state index contributed by atoms with van der Waals surface area (Å²) in [5.74, 6) is 0.0961. The van der Waals surface area contributed by atoms with E-state index in [1.165, 1.54) is 31.4 Å². The highest BCUT2D eigenvalue weighted by molar-refractivity contribution is 7.89. The highest BCUT2D eigenvalue weighted by Gasteiger charge is 2.22. The summed E-state index contributed by atoms with van der Waals surface area (Å²) in [5, 5.41) is 15.3. The van der Waals surface area contributed by atoms with Gasteiger partial charge in [-0.3, -0.25) is 10.1 Å². The average molecular weight is 455 g/mol. The maximum absolute atomic E-state index is 12.2. The molecule has 0 saturated heterocycles.